The molecule has 1 aromatic rings. The molecule has 0 saturated carbocycles. The Kier molecular flexibility index (Phi) is 4.69. The van der Waals surface area contributed by atoms with Crippen molar-refractivity contribution >= 4 is 23.2 Å². The van der Waals surface area contributed by atoms with Gasteiger partial charge in [-0.2, -0.15) is 0 Å². The summed E-state index contributed by atoms with van der Waals surface area (Å²) in [6, 6.07) is 5.57. The van der Waals surface area contributed by atoms with Crippen LogP contribution in [-0.4, -0.2) is 12.9 Å². The van der Waals surface area contributed by atoms with Crippen LogP contribution < -0.4 is 0 Å². The van der Waals surface area contributed by atoms with Crippen molar-refractivity contribution < 1.29 is 9.47 Å². The van der Waals surface area contributed by atoms with E-state index in [2.05, 4.69) is 0 Å². The fourth-order valence-electron chi connectivity index (χ4n) is 1.89. The smallest absolute Gasteiger partial charge is 0.158 e. The highest BCUT2D eigenvalue weighted by atomic mass is 35.5. The van der Waals surface area contributed by atoms with Gasteiger partial charge in [0, 0.05) is 6.61 Å². The topological polar surface area (TPSA) is 18.5 Å². The highest BCUT2D eigenvalue weighted by molar-refractivity contribution is 6.42. The molecule has 0 aromatic heterocycles. The minimum absolute atomic E-state index is 0.0344. The Balaban J connectivity index is 1.98. The number of halogens is 2. The largest absolute Gasteiger partial charge is 0.353 e. The van der Waals surface area contributed by atoms with Gasteiger partial charge in [0.1, 0.15) is 0 Å². The van der Waals surface area contributed by atoms with Gasteiger partial charge in [-0.25, -0.2) is 0 Å². The van der Waals surface area contributed by atoms with E-state index in [1.54, 1.807) is 6.07 Å². The molecule has 4 heteroatoms. The van der Waals surface area contributed by atoms with E-state index in [0.29, 0.717) is 10.0 Å². The molecule has 2 rings (SSSR count). The van der Waals surface area contributed by atoms with Crippen LogP contribution in [0.2, 0.25) is 10.0 Å². The summed E-state index contributed by atoms with van der Waals surface area (Å²) in [6.45, 7) is 2.79. The lowest BCUT2D eigenvalue weighted by Crippen LogP contribution is -2.23. The highest BCUT2D eigenvalue weighted by Crippen LogP contribution is 2.28. The zero-order chi connectivity index (χ0) is 12.3. The van der Waals surface area contributed by atoms with E-state index in [1.807, 2.05) is 19.1 Å². The lowest BCUT2D eigenvalue weighted by atomic mass is 10.1. The quantitative estimate of drug-likeness (QED) is 0.802. The van der Waals surface area contributed by atoms with Gasteiger partial charge in [-0.1, -0.05) is 29.3 Å². The molecule has 0 bridgehead atoms. The minimum Gasteiger partial charge on any atom is -0.353 e. The lowest BCUT2D eigenvalue weighted by Gasteiger charge is -2.26. The third kappa shape index (κ3) is 3.59. The molecule has 17 heavy (non-hydrogen) atoms. The Hall–Kier alpha value is -0.280. The fourth-order valence-corrected chi connectivity index (χ4v) is 2.20. The molecule has 0 spiro atoms. The van der Waals surface area contributed by atoms with E-state index in [-0.39, 0.29) is 12.4 Å². The van der Waals surface area contributed by atoms with E-state index in [9.17, 15) is 0 Å². The zero-order valence-corrected chi connectivity index (χ0v) is 11.3. The molecule has 2 atom stereocenters. The van der Waals surface area contributed by atoms with Crippen LogP contribution >= 0.6 is 23.2 Å². The second-order valence-corrected chi connectivity index (χ2v) is 5.06. The maximum absolute atomic E-state index is 5.98. The molecule has 1 heterocycles. The van der Waals surface area contributed by atoms with Crippen LogP contribution in [0.5, 0.6) is 0 Å². The molecule has 1 aliphatic rings. The Morgan fingerprint density at radius 1 is 1.29 bits per heavy atom. The van der Waals surface area contributed by atoms with Gasteiger partial charge >= 0.3 is 0 Å². The molecule has 94 valence electrons. The first-order valence-corrected chi connectivity index (χ1v) is 6.64. The standard InChI is InChI=1S/C13H16Cl2O2/c1-9(17-13-4-2-3-7-16-13)10-5-6-11(14)12(15)8-10/h5-6,8-9,13H,2-4,7H2,1H3. The van der Waals surface area contributed by atoms with E-state index >= 15 is 0 Å². The van der Waals surface area contributed by atoms with E-state index in [0.717, 1.165) is 25.0 Å². The van der Waals surface area contributed by atoms with Crippen molar-refractivity contribution in [1.29, 1.82) is 0 Å². The fraction of sp³-hybridized carbons (Fsp3) is 0.538. The third-order valence-electron chi connectivity index (χ3n) is 2.91. The van der Waals surface area contributed by atoms with Crippen molar-refractivity contribution in [2.75, 3.05) is 6.61 Å². The number of rotatable bonds is 3. The number of hydrogen-bond acceptors (Lipinski definition) is 2. The van der Waals surface area contributed by atoms with Gasteiger partial charge in [0.25, 0.3) is 0 Å². The molecule has 1 saturated heterocycles. The maximum atomic E-state index is 5.98. The molecule has 2 nitrogen and oxygen atoms in total. The first kappa shape index (κ1) is 13.2. The summed E-state index contributed by atoms with van der Waals surface area (Å²) in [5.74, 6) is 0. The highest BCUT2D eigenvalue weighted by Gasteiger charge is 2.18. The first-order chi connectivity index (χ1) is 8.16. The van der Waals surface area contributed by atoms with Crippen LogP contribution in [0.1, 0.15) is 37.9 Å². The normalized spacial score (nSPS) is 22.4. The summed E-state index contributed by atoms with van der Waals surface area (Å²) in [5, 5.41) is 1.13. The Labute approximate surface area is 112 Å². The molecule has 0 N–H and O–H groups in total. The van der Waals surface area contributed by atoms with Crippen LogP contribution in [0.4, 0.5) is 0 Å². The Morgan fingerprint density at radius 3 is 2.76 bits per heavy atom. The summed E-state index contributed by atoms with van der Waals surface area (Å²) in [4.78, 5) is 0. The van der Waals surface area contributed by atoms with E-state index in [4.69, 9.17) is 32.7 Å². The van der Waals surface area contributed by atoms with Crippen LogP contribution in [0, 0.1) is 0 Å². The van der Waals surface area contributed by atoms with Gasteiger partial charge in [-0.3, -0.25) is 0 Å². The third-order valence-corrected chi connectivity index (χ3v) is 3.65. The van der Waals surface area contributed by atoms with Gasteiger partial charge in [-0.05, 0) is 43.9 Å². The summed E-state index contributed by atoms with van der Waals surface area (Å²) >= 11 is 11.9. The molecule has 0 amide bonds. The van der Waals surface area contributed by atoms with Crippen LogP contribution in [0.3, 0.4) is 0 Å². The van der Waals surface area contributed by atoms with Crippen molar-refractivity contribution in [1.82, 2.24) is 0 Å². The molecular formula is C13H16Cl2O2. The van der Waals surface area contributed by atoms with Crippen molar-refractivity contribution in [3.63, 3.8) is 0 Å². The number of ether oxygens (including phenoxy) is 2. The molecule has 0 radical (unpaired) electrons. The molecular weight excluding hydrogens is 259 g/mol. The molecule has 0 aliphatic carbocycles. The van der Waals surface area contributed by atoms with Gasteiger partial charge in [0.2, 0.25) is 0 Å². The molecule has 1 fully saturated rings. The maximum Gasteiger partial charge on any atom is 0.158 e. The predicted molar refractivity (Wildman–Crippen MR) is 69.6 cm³/mol. The predicted octanol–water partition coefficient (Wildman–Crippen LogP) is 4.60. The second kappa shape index (κ2) is 6.05. The van der Waals surface area contributed by atoms with E-state index in [1.165, 1.54) is 6.42 Å². The molecule has 1 aliphatic heterocycles. The summed E-state index contributed by atoms with van der Waals surface area (Å²) < 4.78 is 11.4. The molecule has 2 unspecified atom stereocenters. The van der Waals surface area contributed by atoms with Crippen molar-refractivity contribution in [2.45, 2.75) is 38.6 Å². The minimum atomic E-state index is -0.0896. The first-order valence-electron chi connectivity index (χ1n) is 5.89. The second-order valence-electron chi connectivity index (χ2n) is 4.25. The van der Waals surface area contributed by atoms with Crippen molar-refractivity contribution in [3.05, 3.63) is 33.8 Å². The summed E-state index contributed by atoms with van der Waals surface area (Å²) in [7, 11) is 0. The number of hydrogen-bond donors (Lipinski definition) is 0. The molecule has 1 aromatic carbocycles. The van der Waals surface area contributed by atoms with Gasteiger partial charge in [0.15, 0.2) is 6.29 Å². The Morgan fingerprint density at radius 2 is 2.12 bits per heavy atom. The SMILES string of the molecule is CC(OC1CCCCO1)c1ccc(Cl)c(Cl)c1. The van der Waals surface area contributed by atoms with Crippen molar-refractivity contribution in [2.24, 2.45) is 0 Å². The zero-order valence-electron chi connectivity index (χ0n) is 9.79. The van der Waals surface area contributed by atoms with Gasteiger partial charge < -0.3 is 9.47 Å². The Bertz CT molecular complexity index is 376. The van der Waals surface area contributed by atoms with Crippen molar-refractivity contribution in [3.8, 4) is 0 Å². The van der Waals surface area contributed by atoms with Crippen LogP contribution in [0.15, 0.2) is 18.2 Å². The van der Waals surface area contributed by atoms with E-state index < -0.39 is 0 Å². The summed E-state index contributed by atoms with van der Waals surface area (Å²) in [6.07, 6.45) is 3.13. The van der Waals surface area contributed by atoms with Gasteiger partial charge in [0.05, 0.1) is 16.1 Å². The average Bonchev–Trinajstić information content (AvgIpc) is 2.34. The van der Waals surface area contributed by atoms with Crippen LogP contribution in [-0.2, 0) is 9.47 Å². The lowest BCUT2D eigenvalue weighted by molar-refractivity contribution is -0.186. The van der Waals surface area contributed by atoms with Crippen LogP contribution in [0.25, 0.3) is 0 Å². The number of benzene rings is 1. The van der Waals surface area contributed by atoms with Gasteiger partial charge in [-0.15, -0.1) is 0 Å². The summed E-state index contributed by atoms with van der Waals surface area (Å²) in [5.41, 5.74) is 1.02. The average molecular weight is 275 g/mol. The monoisotopic (exact) mass is 274 g/mol.